The summed E-state index contributed by atoms with van der Waals surface area (Å²) in [6, 6.07) is 14.7. The Labute approximate surface area is 139 Å². The maximum atomic E-state index is 6.04. The van der Waals surface area contributed by atoms with E-state index < -0.39 is 0 Å². The topological polar surface area (TPSA) is 41.3 Å². The van der Waals surface area contributed by atoms with Gasteiger partial charge < -0.3 is 16.0 Å². The molecule has 0 radical (unpaired) electrons. The molecule has 1 fully saturated rings. The Balaban J connectivity index is 1.71. The molecule has 1 saturated heterocycles. The number of hydrogen-bond acceptors (Lipinski definition) is 3. The predicted octanol–water partition coefficient (Wildman–Crippen LogP) is 4.61. The Morgan fingerprint density at radius 2 is 1.67 bits per heavy atom. The van der Waals surface area contributed by atoms with E-state index in [2.05, 4.69) is 63.1 Å². The number of nitrogens with zero attached hydrogens (tertiary/aromatic N) is 1. The molecule has 1 heterocycles. The van der Waals surface area contributed by atoms with Crippen molar-refractivity contribution in [1.82, 2.24) is 0 Å². The van der Waals surface area contributed by atoms with Gasteiger partial charge in [-0.05, 0) is 84.3 Å². The molecule has 0 bridgehead atoms. The Hall–Kier alpha value is -1.43. The highest BCUT2D eigenvalue weighted by molar-refractivity contribution is 14.1. The van der Waals surface area contributed by atoms with Crippen molar-refractivity contribution in [2.24, 2.45) is 0 Å². The summed E-state index contributed by atoms with van der Waals surface area (Å²) in [5.74, 6) is 0. The Morgan fingerprint density at radius 3 is 2.33 bits per heavy atom. The molecule has 0 amide bonds. The molecule has 0 saturated carbocycles. The van der Waals surface area contributed by atoms with Crippen molar-refractivity contribution in [3.63, 3.8) is 0 Å². The van der Waals surface area contributed by atoms with E-state index in [0.717, 1.165) is 20.6 Å². The van der Waals surface area contributed by atoms with Gasteiger partial charge in [-0.3, -0.25) is 0 Å². The molecular weight excluding hydrogens is 373 g/mol. The summed E-state index contributed by atoms with van der Waals surface area (Å²) in [5, 5.41) is 3.38. The third-order valence-electron chi connectivity index (χ3n) is 3.88. The Kier molecular flexibility index (Phi) is 4.53. The van der Waals surface area contributed by atoms with Gasteiger partial charge in [0.25, 0.3) is 0 Å². The third kappa shape index (κ3) is 3.61. The molecule has 1 aliphatic rings. The number of benzene rings is 2. The van der Waals surface area contributed by atoms with Crippen molar-refractivity contribution in [3.8, 4) is 0 Å². The van der Waals surface area contributed by atoms with Gasteiger partial charge in [0.05, 0.1) is 11.4 Å². The SMILES string of the molecule is Nc1cc(I)ccc1Nc1ccc(N2CCCCC2)cc1. The summed E-state index contributed by atoms with van der Waals surface area (Å²) < 4.78 is 1.15. The van der Waals surface area contributed by atoms with Gasteiger partial charge in [0.1, 0.15) is 0 Å². The molecule has 2 aromatic rings. The van der Waals surface area contributed by atoms with E-state index in [-0.39, 0.29) is 0 Å². The standard InChI is InChI=1S/C17H20IN3/c18-13-4-9-17(16(19)12-13)20-14-5-7-15(8-6-14)21-10-2-1-3-11-21/h4-9,12,20H,1-3,10-11,19H2. The minimum atomic E-state index is 0.780. The molecule has 0 spiro atoms. The highest BCUT2D eigenvalue weighted by Crippen LogP contribution is 2.27. The highest BCUT2D eigenvalue weighted by Gasteiger charge is 2.10. The minimum Gasteiger partial charge on any atom is -0.397 e. The largest absolute Gasteiger partial charge is 0.397 e. The number of nitrogen functional groups attached to an aromatic ring is 1. The molecule has 2 aromatic carbocycles. The van der Waals surface area contributed by atoms with Crippen LogP contribution in [0.1, 0.15) is 19.3 Å². The summed E-state index contributed by atoms with van der Waals surface area (Å²) in [4.78, 5) is 2.46. The summed E-state index contributed by atoms with van der Waals surface area (Å²) in [6.45, 7) is 2.35. The van der Waals surface area contributed by atoms with Gasteiger partial charge in [-0.1, -0.05) is 0 Å². The van der Waals surface area contributed by atoms with E-state index in [0.29, 0.717) is 0 Å². The van der Waals surface area contributed by atoms with Crippen molar-refractivity contribution >= 4 is 45.3 Å². The number of piperidine rings is 1. The van der Waals surface area contributed by atoms with Crippen molar-refractivity contribution in [3.05, 3.63) is 46.0 Å². The van der Waals surface area contributed by atoms with Crippen LogP contribution in [0.3, 0.4) is 0 Å². The van der Waals surface area contributed by atoms with Crippen molar-refractivity contribution < 1.29 is 0 Å². The number of anilines is 4. The number of nitrogens with two attached hydrogens (primary N) is 1. The molecule has 4 heteroatoms. The fourth-order valence-corrected chi connectivity index (χ4v) is 3.23. The smallest absolute Gasteiger partial charge is 0.0618 e. The molecule has 21 heavy (non-hydrogen) atoms. The molecule has 0 atom stereocenters. The summed E-state index contributed by atoms with van der Waals surface area (Å²) in [6.07, 6.45) is 3.97. The lowest BCUT2D eigenvalue weighted by Crippen LogP contribution is -2.29. The van der Waals surface area contributed by atoms with Gasteiger partial charge in [-0.2, -0.15) is 0 Å². The van der Waals surface area contributed by atoms with Crippen LogP contribution in [-0.4, -0.2) is 13.1 Å². The predicted molar refractivity (Wildman–Crippen MR) is 99.4 cm³/mol. The maximum Gasteiger partial charge on any atom is 0.0618 e. The van der Waals surface area contributed by atoms with Gasteiger partial charge in [-0.25, -0.2) is 0 Å². The zero-order chi connectivity index (χ0) is 14.7. The van der Waals surface area contributed by atoms with Crippen LogP contribution in [0.2, 0.25) is 0 Å². The first-order valence-electron chi connectivity index (χ1n) is 7.39. The van der Waals surface area contributed by atoms with E-state index in [9.17, 15) is 0 Å². The first kappa shape index (κ1) is 14.5. The minimum absolute atomic E-state index is 0.780. The summed E-state index contributed by atoms with van der Waals surface area (Å²) >= 11 is 2.27. The third-order valence-corrected chi connectivity index (χ3v) is 4.55. The second-order valence-corrected chi connectivity index (χ2v) is 6.70. The van der Waals surface area contributed by atoms with Crippen LogP contribution in [-0.2, 0) is 0 Å². The van der Waals surface area contributed by atoms with Crippen LogP contribution >= 0.6 is 22.6 Å². The first-order chi connectivity index (χ1) is 10.2. The molecule has 3 nitrogen and oxygen atoms in total. The number of nitrogens with one attached hydrogen (secondary N) is 1. The number of hydrogen-bond donors (Lipinski definition) is 2. The van der Waals surface area contributed by atoms with Crippen LogP contribution in [0.15, 0.2) is 42.5 Å². The van der Waals surface area contributed by atoms with Crippen LogP contribution in [0, 0.1) is 3.57 Å². The van der Waals surface area contributed by atoms with Crippen LogP contribution < -0.4 is 16.0 Å². The van der Waals surface area contributed by atoms with Gasteiger partial charge >= 0.3 is 0 Å². The fraction of sp³-hybridized carbons (Fsp3) is 0.294. The normalized spacial score (nSPS) is 15.0. The molecule has 110 valence electrons. The molecule has 3 rings (SSSR count). The average molecular weight is 393 g/mol. The first-order valence-corrected chi connectivity index (χ1v) is 8.47. The van der Waals surface area contributed by atoms with Gasteiger partial charge in [-0.15, -0.1) is 0 Å². The highest BCUT2D eigenvalue weighted by atomic mass is 127. The van der Waals surface area contributed by atoms with E-state index >= 15 is 0 Å². The lowest BCUT2D eigenvalue weighted by atomic mass is 10.1. The molecule has 0 unspecified atom stereocenters. The summed E-state index contributed by atoms with van der Waals surface area (Å²) in [5.41, 5.74) is 10.2. The average Bonchev–Trinajstić information content (AvgIpc) is 2.52. The summed E-state index contributed by atoms with van der Waals surface area (Å²) in [7, 11) is 0. The van der Waals surface area contributed by atoms with E-state index in [4.69, 9.17) is 5.73 Å². The number of rotatable bonds is 3. The maximum absolute atomic E-state index is 6.04. The van der Waals surface area contributed by atoms with E-state index in [1.54, 1.807) is 0 Å². The Bertz CT molecular complexity index is 604. The van der Waals surface area contributed by atoms with Gasteiger partial charge in [0.15, 0.2) is 0 Å². The van der Waals surface area contributed by atoms with Crippen LogP contribution in [0.5, 0.6) is 0 Å². The second-order valence-electron chi connectivity index (χ2n) is 5.45. The zero-order valence-corrected chi connectivity index (χ0v) is 14.1. The van der Waals surface area contributed by atoms with Crippen molar-refractivity contribution in [2.75, 3.05) is 29.0 Å². The van der Waals surface area contributed by atoms with Crippen molar-refractivity contribution in [1.29, 1.82) is 0 Å². The molecule has 3 N–H and O–H groups in total. The Morgan fingerprint density at radius 1 is 0.952 bits per heavy atom. The van der Waals surface area contributed by atoms with Gasteiger partial charge in [0.2, 0.25) is 0 Å². The van der Waals surface area contributed by atoms with Gasteiger partial charge in [0, 0.05) is 28.0 Å². The zero-order valence-electron chi connectivity index (χ0n) is 12.0. The van der Waals surface area contributed by atoms with E-state index in [1.165, 1.54) is 38.0 Å². The molecule has 0 aliphatic carbocycles. The lowest BCUT2D eigenvalue weighted by molar-refractivity contribution is 0.578. The van der Waals surface area contributed by atoms with Crippen molar-refractivity contribution in [2.45, 2.75) is 19.3 Å². The molecular formula is C17H20IN3. The second kappa shape index (κ2) is 6.56. The molecule has 1 aliphatic heterocycles. The van der Waals surface area contributed by atoms with E-state index in [1.807, 2.05) is 12.1 Å². The fourth-order valence-electron chi connectivity index (χ4n) is 2.71. The monoisotopic (exact) mass is 393 g/mol. The van der Waals surface area contributed by atoms with Crippen LogP contribution in [0.25, 0.3) is 0 Å². The van der Waals surface area contributed by atoms with Crippen LogP contribution in [0.4, 0.5) is 22.7 Å². The lowest BCUT2D eigenvalue weighted by Gasteiger charge is -2.28. The quantitative estimate of drug-likeness (QED) is 0.591. The molecule has 0 aromatic heterocycles. The number of halogens is 1.